The van der Waals surface area contributed by atoms with E-state index in [1.54, 1.807) is 20.4 Å². The van der Waals surface area contributed by atoms with Crippen LogP contribution in [0.15, 0.2) is 59.1 Å². The average Bonchev–Trinajstić information content (AvgIpc) is 3.50. The number of ether oxygens (including phenoxy) is 2. The summed E-state index contributed by atoms with van der Waals surface area (Å²) in [6.45, 7) is 1.31. The van der Waals surface area contributed by atoms with Crippen LogP contribution in [-0.2, 0) is 6.42 Å². The van der Waals surface area contributed by atoms with Crippen molar-refractivity contribution in [3.8, 4) is 11.5 Å². The zero-order valence-corrected chi connectivity index (χ0v) is 18.8. The van der Waals surface area contributed by atoms with Crippen LogP contribution in [0.4, 0.5) is 0 Å². The van der Waals surface area contributed by atoms with Crippen molar-refractivity contribution in [1.29, 1.82) is 0 Å². The number of carbonyl (C=O) groups excluding carboxylic acids is 1. The van der Waals surface area contributed by atoms with E-state index in [0.29, 0.717) is 24.6 Å². The normalized spacial score (nSPS) is 16.2. The molecule has 1 aliphatic heterocycles. The second kappa shape index (κ2) is 9.02. The lowest BCUT2D eigenvalue weighted by Crippen LogP contribution is -2.39. The third-order valence-corrected chi connectivity index (χ3v) is 6.24. The Balaban J connectivity index is 1.29. The standard InChI is InChI=1S/C26H27N3O4/c1-31-20-9-10-22-19(13-20)14-23(28-22)26(30)29-11-5-7-18(16-29)25-27-15-21(33-25)12-17-6-3-4-8-24(17)32-2/h3-4,6,8-10,13-15,18,28H,5,7,11-12,16H2,1-2H3/t18-/m1/s1. The van der Waals surface area contributed by atoms with Crippen molar-refractivity contribution < 1.29 is 18.7 Å². The zero-order chi connectivity index (χ0) is 22.8. The van der Waals surface area contributed by atoms with Crippen molar-refractivity contribution in [2.45, 2.75) is 25.2 Å². The van der Waals surface area contributed by atoms with Gasteiger partial charge in [-0.2, -0.15) is 0 Å². The number of hydrogen-bond acceptors (Lipinski definition) is 5. The molecule has 1 amide bonds. The van der Waals surface area contributed by atoms with Crippen LogP contribution in [0.3, 0.4) is 0 Å². The van der Waals surface area contributed by atoms with Gasteiger partial charge in [0.1, 0.15) is 23.0 Å². The number of amides is 1. The molecule has 1 fully saturated rings. The number of benzene rings is 2. The number of likely N-dealkylation sites (tertiary alicyclic amines) is 1. The highest BCUT2D eigenvalue weighted by Crippen LogP contribution is 2.30. The molecule has 0 spiro atoms. The maximum atomic E-state index is 13.2. The van der Waals surface area contributed by atoms with E-state index in [2.05, 4.69) is 9.97 Å². The molecule has 1 atom stereocenters. The summed E-state index contributed by atoms with van der Waals surface area (Å²) in [6.07, 6.45) is 4.26. The Kier molecular flexibility index (Phi) is 5.77. The molecule has 1 aliphatic rings. The molecule has 1 saturated heterocycles. The van der Waals surface area contributed by atoms with E-state index in [1.165, 1.54) is 0 Å². The van der Waals surface area contributed by atoms with E-state index >= 15 is 0 Å². The zero-order valence-electron chi connectivity index (χ0n) is 18.8. The topological polar surface area (TPSA) is 80.6 Å². The van der Waals surface area contributed by atoms with Gasteiger partial charge in [-0.15, -0.1) is 0 Å². The van der Waals surface area contributed by atoms with Crippen LogP contribution in [0.25, 0.3) is 10.9 Å². The van der Waals surface area contributed by atoms with Gasteiger partial charge in [-0.25, -0.2) is 4.98 Å². The second-order valence-electron chi connectivity index (χ2n) is 8.38. The van der Waals surface area contributed by atoms with Gasteiger partial charge in [-0.05, 0) is 43.2 Å². The number of aromatic nitrogens is 2. The number of nitrogens with one attached hydrogen (secondary N) is 1. The fourth-order valence-corrected chi connectivity index (χ4v) is 4.52. The molecule has 2 aromatic heterocycles. The summed E-state index contributed by atoms with van der Waals surface area (Å²) in [5.41, 5.74) is 2.56. The summed E-state index contributed by atoms with van der Waals surface area (Å²) < 4.78 is 16.8. The van der Waals surface area contributed by atoms with E-state index in [9.17, 15) is 4.79 Å². The Morgan fingerprint density at radius 2 is 2.06 bits per heavy atom. The number of aromatic amines is 1. The fraction of sp³-hybridized carbons (Fsp3) is 0.308. The Morgan fingerprint density at radius 1 is 1.18 bits per heavy atom. The van der Waals surface area contributed by atoms with Gasteiger partial charge in [0.2, 0.25) is 0 Å². The number of methoxy groups -OCH3 is 2. The van der Waals surface area contributed by atoms with Crippen LogP contribution in [0.2, 0.25) is 0 Å². The number of oxazole rings is 1. The molecule has 33 heavy (non-hydrogen) atoms. The van der Waals surface area contributed by atoms with Crippen LogP contribution in [0, 0.1) is 0 Å². The SMILES string of the molecule is COc1ccc2[nH]c(C(=O)N3CCC[C@@H](c4ncc(Cc5ccccc5OC)o4)C3)cc2c1. The molecule has 0 unspecified atom stereocenters. The van der Waals surface area contributed by atoms with E-state index < -0.39 is 0 Å². The predicted molar refractivity (Wildman–Crippen MR) is 125 cm³/mol. The second-order valence-corrected chi connectivity index (χ2v) is 8.38. The highest BCUT2D eigenvalue weighted by Gasteiger charge is 2.29. The highest BCUT2D eigenvalue weighted by atomic mass is 16.5. The molecule has 5 rings (SSSR count). The van der Waals surface area contributed by atoms with Gasteiger partial charge in [0.15, 0.2) is 5.89 Å². The first-order valence-corrected chi connectivity index (χ1v) is 11.2. The summed E-state index contributed by atoms with van der Waals surface area (Å²) in [4.78, 5) is 22.9. The van der Waals surface area contributed by atoms with Gasteiger partial charge >= 0.3 is 0 Å². The van der Waals surface area contributed by atoms with Gasteiger partial charge in [-0.3, -0.25) is 4.79 Å². The number of piperidine rings is 1. The van der Waals surface area contributed by atoms with Crippen molar-refractivity contribution in [2.75, 3.05) is 27.3 Å². The lowest BCUT2D eigenvalue weighted by molar-refractivity contribution is 0.0693. The maximum absolute atomic E-state index is 13.2. The number of rotatable bonds is 6. The fourth-order valence-electron chi connectivity index (χ4n) is 4.52. The number of carbonyl (C=O) groups is 1. The third kappa shape index (κ3) is 4.31. The van der Waals surface area contributed by atoms with Gasteiger partial charge < -0.3 is 23.8 Å². The summed E-state index contributed by atoms with van der Waals surface area (Å²) >= 11 is 0. The first-order chi connectivity index (χ1) is 16.1. The van der Waals surface area contributed by atoms with Crippen LogP contribution >= 0.6 is 0 Å². The van der Waals surface area contributed by atoms with E-state index in [1.807, 2.05) is 53.4 Å². The Hall–Kier alpha value is -3.74. The Labute approximate surface area is 192 Å². The van der Waals surface area contributed by atoms with Gasteiger partial charge in [-0.1, -0.05) is 18.2 Å². The molecule has 170 valence electrons. The predicted octanol–water partition coefficient (Wildman–Crippen LogP) is 4.78. The summed E-state index contributed by atoms with van der Waals surface area (Å²) in [7, 11) is 3.31. The highest BCUT2D eigenvalue weighted by molar-refractivity contribution is 5.98. The summed E-state index contributed by atoms with van der Waals surface area (Å²) in [5.74, 6) is 3.17. The van der Waals surface area contributed by atoms with Crippen LogP contribution in [0.5, 0.6) is 11.5 Å². The number of fused-ring (bicyclic) bond motifs is 1. The number of hydrogen-bond donors (Lipinski definition) is 1. The molecule has 0 bridgehead atoms. The van der Waals surface area contributed by atoms with Gasteiger partial charge in [0.25, 0.3) is 5.91 Å². The molecule has 1 N–H and O–H groups in total. The minimum atomic E-state index is -0.00401. The smallest absolute Gasteiger partial charge is 0.270 e. The van der Waals surface area contributed by atoms with Gasteiger partial charge in [0, 0.05) is 36.0 Å². The van der Waals surface area contributed by atoms with E-state index in [4.69, 9.17) is 13.9 Å². The van der Waals surface area contributed by atoms with Gasteiger partial charge in [0.05, 0.1) is 26.3 Å². The molecular weight excluding hydrogens is 418 g/mol. The summed E-state index contributed by atoms with van der Waals surface area (Å²) in [6, 6.07) is 15.5. The molecule has 0 aliphatic carbocycles. The third-order valence-electron chi connectivity index (χ3n) is 6.24. The molecule has 0 radical (unpaired) electrons. The molecule has 4 aromatic rings. The van der Waals surface area contributed by atoms with E-state index in [0.717, 1.165) is 53.1 Å². The Bertz CT molecular complexity index is 1280. The lowest BCUT2D eigenvalue weighted by Gasteiger charge is -2.31. The molecule has 3 heterocycles. The molecule has 7 nitrogen and oxygen atoms in total. The minimum Gasteiger partial charge on any atom is -0.497 e. The van der Waals surface area contributed by atoms with Crippen LogP contribution in [0.1, 0.15) is 46.5 Å². The minimum absolute atomic E-state index is 0.00401. The number of H-pyrrole nitrogens is 1. The molecule has 2 aromatic carbocycles. The van der Waals surface area contributed by atoms with Crippen LogP contribution < -0.4 is 9.47 Å². The molecule has 0 saturated carbocycles. The number of nitrogens with zero attached hydrogens (tertiary/aromatic N) is 2. The maximum Gasteiger partial charge on any atom is 0.270 e. The monoisotopic (exact) mass is 445 g/mol. The quantitative estimate of drug-likeness (QED) is 0.462. The summed E-state index contributed by atoms with van der Waals surface area (Å²) in [5, 5.41) is 0.958. The number of para-hydroxylation sites is 1. The average molecular weight is 446 g/mol. The van der Waals surface area contributed by atoms with Crippen molar-refractivity contribution in [1.82, 2.24) is 14.9 Å². The largest absolute Gasteiger partial charge is 0.497 e. The van der Waals surface area contributed by atoms with Crippen molar-refractivity contribution in [3.63, 3.8) is 0 Å². The Morgan fingerprint density at radius 3 is 2.91 bits per heavy atom. The lowest BCUT2D eigenvalue weighted by atomic mass is 9.97. The van der Waals surface area contributed by atoms with Crippen molar-refractivity contribution in [3.05, 3.63) is 77.6 Å². The van der Waals surface area contributed by atoms with E-state index in [-0.39, 0.29) is 11.8 Å². The van der Waals surface area contributed by atoms with Crippen molar-refractivity contribution >= 4 is 16.8 Å². The molecular formula is C26H27N3O4. The molecule has 7 heteroatoms. The first kappa shape index (κ1) is 21.1. The van der Waals surface area contributed by atoms with Crippen molar-refractivity contribution in [2.24, 2.45) is 0 Å². The first-order valence-electron chi connectivity index (χ1n) is 11.2. The van der Waals surface area contributed by atoms with Crippen LogP contribution in [-0.4, -0.2) is 48.1 Å².